The highest BCUT2D eigenvalue weighted by atomic mass is 35.5. The zero-order valence-corrected chi connectivity index (χ0v) is 13.7. The van der Waals surface area contributed by atoms with Crippen molar-refractivity contribution >= 4 is 23.2 Å². The summed E-state index contributed by atoms with van der Waals surface area (Å²) in [5.74, 6) is 0. The van der Waals surface area contributed by atoms with Gasteiger partial charge >= 0.3 is 0 Å². The molecule has 1 aliphatic rings. The molecule has 0 saturated carbocycles. The molecular formula is C15H17Cl2N3O. The molecule has 0 radical (unpaired) electrons. The second-order valence-corrected chi connectivity index (χ2v) is 6.87. The van der Waals surface area contributed by atoms with E-state index in [1.54, 1.807) is 17.1 Å². The number of benzene rings is 1. The molecule has 0 spiro atoms. The van der Waals surface area contributed by atoms with Crippen LogP contribution in [0.4, 0.5) is 0 Å². The van der Waals surface area contributed by atoms with Gasteiger partial charge in [0.2, 0.25) is 0 Å². The van der Waals surface area contributed by atoms with E-state index in [1.807, 2.05) is 12.1 Å². The lowest BCUT2D eigenvalue weighted by Crippen LogP contribution is -2.64. The van der Waals surface area contributed by atoms with Gasteiger partial charge in [-0.25, -0.2) is 9.67 Å². The van der Waals surface area contributed by atoms with E-state index in [1.165, 1.54) is 6.33 Å². The van der Waals surface area contributed by atoms with Crippen LogP contribution in [0, 0.1) is 5.41 Å². The fourth-order valence-corrected chi connectivity index (χ4v) is 3.53. The molecule has 1 fully saturated rings. The van der Waals surface area contributed by atoms with Gasteiger partial charge in [-0.2, -0.15) is 5.10 Å². The van der Waals surface area contributed by atoms with Crippen LogP contribution in [-0.4, -0.2) is 20.9 Å². The first-order valence-corrected chi connectivity index (χ1v) is 7.58. The van der Waals surface area contributed by atoms with Gasteiger partial charge in [0.05, 0.1) is 12.6 Å². The number of nitrogens with zero attached hydrogens (tertiary/aromatic N) is 3. The van der Waals surface area contributed by atoms with Crippen molar-refractivity contribution in [1.82, 2.24) is 14.8 Å². The Kier molecular flexibility index (Phi) is 3.51. The number of halogens is 2. The van der Waals surface area contributed by atoms with Crippen LogP contribution in [0.1, 0.15) is 26.3 Å². The lowest BCUT2D eigenvalue weighted by atomic mass is 9.62. The Morgan fingerprint density at radius 2 is 2.10 bits per heavy atom. The zero-order chi connectivity index (χ0) is 15.3. The summed E-state index contributed by atoms with van der Waals surface area (Å²) in [5, 5.41) is 5.43. The van der Waals surface area contributed by atoms with Gasteiger partial charge in [0, 0.05) is 21.0 Å². The van der Waals surface area contributed by atoms with Crippen molar-refractivity contribution in [3.63, 3.8) is 0 Å². The normalized spacial score (nSPS) is 27.4. The summed E-state index contributed by atoms with van der Waals surface area (Å²) >= 11 is 12.4. The Balaban J connectivity index is 2.09. The molecule has 0 amide bonds. The topological polar surface area (TPSA) is 39.9 Å². The van der Waals surface area contributed by atoms with E-state index in [0.29, 0.717) is 16.6 Å². The fraction of sp³-hybridized carbons (Fsp3) is 0.467. The van der Waals surface area contributed by atoms with Crippen molar-refractivity contribution in [3.05, 3.63) is 46.5 Å². The highest BCUT2D eigenvalue weighted by Gasteiger charge is 2.61. The minimum atomic E-state index is -0.540. The molecule has 112 valence electrons. The van der Waals surface area contributed by atoms with E-state index in [2.05, 4.69) is 30.9 Å². The molecule has 0 N–H and O–H groups in total. The molecule has 2 unspecified atom stereocenters. The monoisotopic (exact) mass is 325 g/mol. The fourth-order valence-electron chi connectivity index (χ4n) is 2.97. The number of hydrogen-bond donors (Lipinski definition) is 0. The second kappa shape index (κ2) is 4.97. The van der Waals surface area contributed by atoms with E-state index in [0.717, 1.165) is 5.56 Å². The lowest BCUT2D eigenvalue weighted by molar-refractivity contribution is -0.316. The molecule has 2 heterocycles. The predicted molar refractivity (Wildman–Crippen MR) is 82.5 cm³/mol. The first-order valence-electron chi connectivity index (χ1n) is 6.82. The number of rotatable bonds is 3. The first kappa shape index (κ1) is 14.8. The molecule has 0 bridgehead atoms. The summed E-state index contributed by atoms with van der Waals surface area (Å²) < 4.78 is 7.98. The van der Waals surface area contributed by atoms with Crippen LogP contribution >= 0.6 is 23.2 Å². The van der Waals surface area contributed by atoms with Crippen LogP contribution in [0.2, 0.25) is 10.0 Å². The Morgan fingerprint density at radius 3 is 2.62 bits per heavy atom. The van der Waals surface area contributed by atoms with Gasteiger partial charge in [0.15, 0.2) is 0 Å². The van der Waals surface area contributed by atoms with Gasteiger partial charge in [-0.1, -0.05) is 43.1 Å². The molecule has 1 saturated heterocycles. The highest BCUT2D eigenvalue weighted by molar-refractivity contribution is 6.35. The van der Waals surface area contributed by atoms with Crippen molar-refractivity contribution in [2.75, 3.05) is 0 Å². The van der Waals surface area contributed by atoms with Gasteiger partial charge in [-0.3, -0.25) is 0 Å². The molecule has 1 aliphatic heterocycles. The molecule has 2 aromatic rings. The van der Waals surface area contributed by atoms with Crippen molar-refractivity contribution in [2.24, 2.45) is 5.41 Å². The van der Waals surface area contributed by atoms with E-state index in [9.17, 15) is 0 Å². The van der Waals surface area contributed by atoms with Gasteiger partial charge < -0.3 is 4.74 Å². The van der Waals surface area contributed by atoms with Crippen LogP contribution in [0.3, 0.4) is 0 Å². The smallest absolute Gasteiger partial charge is 0.137 e. The molecular weight excluding hydrogens is 309 g/mol. The molecule has 2 atom stereocenters. The Hall–Kier alpha value is -1.10. The van der Waals surface area contributed by atoms with Crippen molar-refractivity contribution in [3.8, 4) is 0 Å². The summed E-state index contributed by atoms with van der Waals surface area (Å²) in [6.07, 6.45) is 3.34. The van der Waals surface area contributed by atoms with Crippen LogP contribution in [-0.2, 0) is 16.9 Å². The van der Waals surface area contributed by atoms with Crippen LogP contribution < -0.4 is 0 Å². The number of ether oxygens (including phenoxy) is 1. The van der Waals surface area contributed by atoms with E-state index >= 15 is 0 Å². The SMILES string of the molecule is CC1OC(Cn2cncn2)(c2ccc(Cl)cc2Cl)C1(C)C. The summed E-state index contributed by atoms with van der Waals surface area (Å²) in [6, 6.07) is 5.54. The summed E-state index contributed by atoms with van der Waals surface area (Å²) in [5.41, 5.74) is 0.310. The third-order valence-corrected chi connectivity index (χ3v) is 5.20. The van der Waals surface area contributed by atoms with Gasteiger partial charge in [-0.15, -0.1) is 0 Å². The second-order valence-electron chi connectivity index (χ2n) is 6.03. The van der Waals surface area contributed by atoms with Crippen molar-refractivity contribution in [2.45, 2.75) is 39.0 Å². The molecule has 1 aromatic heterocycles. The predicted octanol–water partition coefficient (Wildman–Crippen LogP) is 3.93. The highest BCUT2D eigenvalue weighted by Crippen LogP contribution is 2.58. The van der Waals surface area contributed by atoms with E-state index in [-0.39, 0.29) is 11.5 Å². The van der Waals surface area contributed by atoms with Crippen molar-refractivity contribution < 1.29 is 4.74 Å². The quantitative estimate of drug-likeness (QED) is 0.858. The van der Waals surface area contributed by atoms with Crippen LogP contribution in [0.15, 0.2) is 30.9 Å². The van der Waals surface area contributed by atoms with E-state index < -0.39 is 5.60 Å². The average Bonchev–Trinajstić information content (AvgIpc) is 2.91. The minimum Gasteiger partial charge on any atom is -0.364 e. The summed E-state index contributed by atoms with van der Waals surface area (Å²) in [4.78, 5) is 4.00. The summed E-state index contributed by atoms with van der Waals surface area (Å²) in [7, 11) is 0. The molecule has 1 aromatic carbocycles. The first-order chi connectivity index (χ1) is 9.87. The van der Waals surface area contributed by atoms with Gasteiger partial charge in [-0.05, 0) is 19.1 Å². The van der Waals surface area contributed by atoms with E-state index in [4.69, 9.17) is 27.9 Å². The molecule has 0 aliphatic carbocycles. The van der Waals surface area contributed by atoms with Gasteiger partial charge in [0.25, 0.3) is 0 Å². The third kappa shape index (κ3) is 2.17. The molecule has 21 heavy (non-hydrogen) atoms. The number of hydrogen-bond acceptors (Lipinski definition) is 3. The Labute approximate surface area is 134 Å². The standard InChI is InChI=1S/C15H17Cl2N3O/c1-10-14(2,3)15(21-10,7-20-9-18-8-19-20)12-5-4-11(16)6-13(12)17/h4-6,8-10H,7H2,1-3H3. The Bertz CT molecular complexity index is 657. The maximum atomic E-state index is 6.43. The largest absolute Gasteiger partial charge is 0.364 e. The minimum absolute atomic E-state index is 0.0869. The lowest BCUT2D eigenvalue weighted by Gasteiger charge is -2.60. The van der Waals surface area contributed by atoms with Crippen molar-refractivity contribution in [1.29, 1.82) is 0 Å². The Morgan fingerprint density at radius 1 is 1.33 bits per heavy atom. The van der Waals surface area contributed by atoms with Crippen LogP contribution in [0.25, 0.3) is 0 Å². The van der Waals surface area contributed by atoms with Gasteiger partial charge in [0.1, 0.15) is 18.3 Å². The molecule has 4 nitrogen and oxygen atoms in total. The maximum absolute atomic E-state index is 6.43. The molecule has 3 rings (SSSR count). The maximum Gasteiger partial charge on any atom is 0.137 e. The summed E-state index contributed by atoms with van der Waals surface area (Å²) in [6.45, 7) is 7.00. The number of aromatic nitrogens is 3. The van der Waals surface area contributed by atoms with Crippen LogP contribution in [0.5, 0.6) is 0 Å². The molecule has 6 heteroatoms. The third-order valence-electron chi connectivity index (χ3n) is 4.65. The zero-order valence-electron chi connectivity index (χ0n) is 12.2. The average molecular weight is 326 g/mol.